The third kappa shape index (κ3) is 4.23. The number of nitrogens with zero attached hydrogens (tertiary/aromatic N) is 1. The number of benzene rings is 2. The van der Waals surface area contributed by atoms with Crippen LogP contribution in [0.25, 0.3) is 0 Å². The molecule has 0 heterocycles. The Hall–Kier alpha value is -3.01. The lowest BCUT2D eigenvalue weighted by atomic mass is 10.1. The predicted molar refractivity (Wildman–Crippen MR) is 76.7 cm³/mol. The van der Waals surface area contributed by atoms with Gasteiger partial charge in [0.25, 0.3) is 5.91 Å². The number of halogens is 3. The Morgan fingerprint density at radius 3 is 2.48 bits per heavy atom. The first-order valence-corrected chi connectivity index (χ1v) is 6.50. The van der Waals surface area contributed by atoms with Crippen molar-refractivity contribution in [3.63, 3.8) is 0 Å². The number of rotatable bonds is 4. The molecule has 0 saturated carbocycles. The van der Waals surface area contributed by atoms with E-state index in [1.54, 1.807) is 12.1 Å². The Morgan fingerprint density at radius 2 is 1.78 bits per heavy atom. The Labute approximate surface area is 130 Å². The van der Waals surface area contributed by atoms with Crippen molar-refractivity contribution in [2.45, 2.75) is 6.18 Å². The van der Waals surface area contributed by atoms with E-state index in [-0.39, 0.29) is 17.0 Å². The monoisotopic (exact) mass is 320 g/mol. The number of amides is 1. The van der Waals surface area contributed by atoms with Gasteiger partial charge in [0.1, 0.15) is 11.8 Å². The first kappa shape index (κ1) is 16.4. The minimum atomic E-state index is -4.57. The topological polar surface area (TPSA) is 62.1 Å². The summed E-state index contributed by atoms with van der Waals surface area (Å²) >= 11 is 0. The summed E-state index contributed by atoms with van der Waals surface area (Å²) in [5.41, 5.74) is -1.05. The van der Waals surface area contributed by atoms with E-state index in [9.17, 15) is 18.0 Å². The molecule has 23 heavy (non-hydrogen) atoms. The highest BCUT2D eigenvalue weighted by Crippen LogP contribution is 2.34. The molecule has 0 atom stereocenters. The van der Waals surface area contributed by atoms with Gasteiger partial charge in [0.15, 0.2) is 6.61 Å². The van der Waals surface area contributed by atoms with E-state index in [1.807, 2.05) is 6.07 Å². The van der Waals surface area contributed by atoms with Crippen molar-refractivity contribution in [2.75, 3.05) is 11.9 Å². The average Bonchev–Trinajstić information content (AvgIpc) is 2.52. The van der Waals surface area contributed by atoms with Crippen molar-refractivity contribution >= 4 is 11.6 Å². The van der Waals surface area contributed by atoms with Gasteiger partial charge in [-0.2, -0.15) is 18.4 Å². The van der Waals surface area contributed by atoms with Crippen molar-refractivity contribution < 1.29 is 22.7 Å². The van der Waals surface area contributed by atoms with Crippen molar-refractivity contribution in [1.29, 1.82) is 5.26 Å². The maximum Gasteiger partial charge on any atom is 0.418 e. The normalized spacial score (nSPS) is 10.7. The molecule has 0 radical (unpaired) electrons. The molecule has 0 aliphatic heterocycles. The molecule has 1 N–H and O–H groups in total. The summed E-state index contributed by atoms with van der Waals surface area (Å²) in [5, 5.41) is 11.0. The van der Waals surface area contributed by atoms with Crippen LogP contribution in [0, 0.1) is 11.3 Å². The summed E-state index contributed by atoms with van der Waals surface area (Å²) in [5.74, 6) is -0.566. The minimum Gasteiger partial charge on any atom is -0.482 e. The molecule has 0 fully saturated rings. The van der Waals surface area contributed by atoms with Gasteiger partial charge in [-0.25, -0.2) is 0 Å². The fraction of sp³-hybridized carbons (Fsp3) is 0.125. The molecule has 0 aliphatic rings. The summed E-state index contributed by atoms with van der Waals surface area (Å²) in [6, 6.07) is 12.8. The van der Waals surface area contributed by atoms with E-state index in [1.165, 1.54) is 24.3 Å². The summed E-state index contributed by atoms with van der Waals surface area (Å²) in [4.78, 5) is 11.8. The summed E-state index contributed by atoms with van der Waals surface area (Å²) in [7, 11) is 0. The highest BCUT2D eigenvalue weighted by atomic mass is 19.4. The fourth-order valence-electron chi connectivity index (χ4n) is 1.85. The second-order valence-electron chi connectivity index (χ2n) is 4.49. The Bertz CT molecular complexity index is 751. The number of para-hydroxylation sites is 2. The quantitative estimate of drug-likeness (QED) is 0.936. The maximum absolute atomic E-state index is 12.8. The molecule has 7 heteroatoms. The Morgan fingerprint density at radius 1 is 1.13 bits per heavy atom. The number of carbonyl (C=O) groups excluding carboxylic acids is 1. The molecular weight excluding hydrogens is 309 g/mol. The summed E-state index contributed by atoms with van der Waals surface area (Å²) < 4.78 is 43.7. The highest BCUT2D eigenvalue weighted by Gasteiger charge is 2.33. The zero-order valence-electron chi connectivity index (χ0n) is 11.7. The number of carbonyl (C=O) groups is 1. The van der Waals surface area contributed by atoms with Crippen LogP contribution in [-0.4, -0.2) is 12.5 Å². The van der Waals surface area contributed by atoms with Gasteiger partial charge in [0.2, 0.25) is 0 Å². The number of nitrogens with one attached hydrogen (secondary N) is 1. The first-order chi connectivity index (χ1) is 10.9. The van der Waals surface area contributed by atoms with E-state index in [0.29, 0.717) is 0 Å². The molecular formula is C16H11F3N2O2. The lowest BCUT2D eigenvalue weighted by Crippen LogP contribution is -2.22. The van der Waals surface area contributed by atoms with E-state index in [2.05, 4.69) is 5.32 Å². The first-order valence-electron chi connectivity index (χ1n) is 6.50. The third-order valence-corrected chi connectivity index (χ3v) is 2.87. The van der Waals surface area contributed by atoms with Crippen molar-refractivity contribution in [1.82, 2.24) is 0 Å². The number of alkyl halides is 3. The Balaban J connectivity index is 2.05. The average molecular weight is 320 g/mol. The number of ether oxygens (including phenoxy) is 1. The molecule has 0 spiro atoms. The number of hydrogen-bond acceptors (Lipinski definition) is 3. The van der Waals surface area contributed by atoms with E-state index < -0.39 is 24.3 Å². The van der Waals surface area contributed by atoms with Gasteiger partial charge in [0.05, 0.1) is 16.8 Å². The second-order valence-corrected chi connectivity index (χ2v) is 4.49. The van der Waals surface area contributed by atoms with Gasteiger partial charge in [-0.05, 0) is 24.3 Å². The minimum absolute atomic E-state index is 0.189. The van der Waals surface area contributed by atoms with Gasteiger partial charge >= 0.3 is 6.18 Å². The van der Waals surface area contributed by atoms with Crippen LogP contribution >= 0.6 is 0 Å². The Kier molecular flexibility index (Phi) is 4.86. The van der Waals surface area contributed by atoms with Crippen molar-refractivity contribution in [3.05, 3.63) is 59.7 Å². The molecule has 0 saturated heterocycles. The molecule has 0 unspecified atom stereocenters. The number of hydrogen-bond donors (Lipinski definition) is 1. The molecule has 1 amide bonds. The summed E-state index contributed by atoms with van der Waals surface area (Å²) in [6.07, 6.45) is -4.57. The number of anilines is 1. The van der Waals surface area contributed by atoms with Gasteiger partial charge in [0, 0.05) is 0 Å². The van der Waals surface area contributed by atoms with E-state index in [4.69, 9.17) is 10.00 Å². The third-order valence-electron chi connectivity index (χ3n) is 2.87. The van der Waals surface area contributed by atoms with Crippen LogP contribution in [0.1, 0.15) is 11.1 Å². The fourth-order valence-corrected chi connectivity index (χ4v) is 1.85. The zero-order chi connectivity index (χ0) is 16.9. The van der Waals surface area contributed by atoms with Crippen LogP contribution in [0.4, 0.5) is 18.9 Å². The maximum atomic E-state index is 12.8. The molecule has 4 nitrogen and oxygen atoms in total. The molecule has 0 bridgehead atoms. The second kappa shape index (κ2) is 6.83. The molecule has 118 valence electrons. The van der Waals surface area contributed by atoms with Crippen LogP contribution in [0.15, 0.2) is 48.5 Å². The lowest BCUT2D eigenvalue weighted by Gasteiger charge is -2.14. The standard InChI is InChI=1S/C16H11F3N2O2/c17-16(18,19)12-6-2-3-7-13(12)21-15(22)10-23-14-8-4-1-5-11(14)9-20/h1-8H,10H2,(H,21,22). The van der Waals surface area contributed by atoms with Crippen LogP contribution in [-0.2, 0) is 11.0 Å². The zero-order valence-corrected chi connectivity index (χ0v) is 11.7. The largest absolute Gasteiger partial charge is 0.482 e. The van der Waals surface area contributed by atoms with Gasteiger partial charge < -0.3 is 10.1 Å². The highest BCUT2D eigenvalue weighted by molar-refractivity contribution is 5.92. The van der Waals surface area contributed by atoms with Crippen molar-refractivity contribution in [3.8, 4) is 11.8 Å². The van der Waals surface area contributed by atoms with Gasteiger partial charge in [-0.15, -0.1) is 0 Å². The van der Waals surface area contributed by atoms with Gasteiger partial charge in [-0.3, -0.25) is 4.79 Å². The number of nitriles is 1. The van der Waals surface area contributed by atoms with E-state index >= 15 is 0 Å². The molecule has 2 aromatic carbocycles. The molecule has 2 rings (SSSR count). The smallest absolute Gasteiger partial charge is 0.418 e. The van der Waals surface area contributed by atoms with Crippen LogP contribution < -0.4 is 10.1 Å². The molecule has 0 aliphatic carbocycles. The SMILES string of the molecule is N#Cc1ccccc1OCC(=O)Nc1ccccc1C(F)(F)F. The van der Waals surface area contributed by atoms with Crippen LogP contribution in [0.2, 0.25) is 0 Å². The van der Waals surface area contributed by atoms with Crippen LogP contribution in [0.3, 0.4) is 0 Å². The van der Waals surface area contributed by atoms with Crippen molar-refractivity contribution in [2.24, 2.45) is 0 Å². The van der Waals surface area contributed by atoms with Crippen LogP contribution in [0.5, 0.6) is 5.75 Å². The molecule has 0 aromatic heterocycles. The van der Waals surface area contributed by atoms with Gasteiger partial charge in [-0.1, -0.05) is 24.3 Å². The lowest BCUT2D eigenvalue weighted by molar-refractivity contribution is -0.137. The predicted octanol–water partition coefficient (Wildman–Crippen LogP) is 3.59. The molecule has 2 aromatic rings. The summed E-state index contributed by atoms with van der Waals surface area (Å²) in [6.45, 7) is -0.509. The van der Waals surface area contributed by atoms with E-state index in [0.717, 1.165) is 12.1 Å².